The van der Waals surface area contributed by atoms with Crippen LogP contribution in [0.25, 0.3) is 0 Å². The van der Waals surface area contributed by atoms with Crippen LogP contribution >= 0.6 is 0 Å². The lowest BCUT2D eigenvalue weighted by Crippen LogP contribution is -2.23. The number of amides is 2. The fourth-order valence-corrected chi connectivity index (χ4v) is 2.12. The highest BCUT2D eigenvalue weighted by Gasteiger charge is 2.14. The monoisotopic (exact) mass is 340 g/mol. The Kier molecular flexibility index (Phi) is 6.71. The van der Waals surface area contributed by atoms with Crippen molar-refractivity contribution < 1.29 is 19.1 Å². The second kappa shape index (κ2) is 9.22. The molecule has 0 atom stereocenters. The number of benzene rings is 2. The molecule has 0 aliphatic rings. The largest absolute Gasteiger partial charge is 0.456 e. The summed E-state index contributed by atoms with van der Waals surface area (Å²) in [5.41, 5.74) is 1.33. The van der Waals surface area contributed by atoms with E-state index >= 15 is 0 Å². The first-order valence-corrected chi connectivity index (χ1v) is 8.01. The zero-order chi connectivity index (χ0) is 18.1. The van der Waals surface area contributed by atoms with Crippen molar-refractivity contribution >= 4 is 29.2 Å². The van der Waals surface area contributed by atoms with Gasteiger partial charge in [0.15, 0.2) is 6.61 Å². The normalized spacial score (nSPS) is 9.96. The Balaban J connectivity index is 2.01. The lowest BCUT2D eigenvalue weighted by molar-refractivity contribution is -0.147. The number of ether oxygens (including phenoxy) is 1. The molecular formula is C19H20N2O4. The molecule has 6 nitrogen and oxygen atoms in total. The van der Waals surface area contributed by atoms with Gasteiger partial charge in [0, 0.05) is 12.1 Å². The van der Waals surface area contributed by atoms with E-state index in [-0.39, 0.29) is 18.9 Å². The minimum absolute atomic E-state index is 0.267. The minimum Gasteiger partial charge on any atom is -0.456 e. The highest BCUT2D eigenvalue weighted by molar-refractivity contribution is 6.10. The third kappa shape index (κ3) is 5.76. The maximum Gasteiger partial charge on any atom is 0.306 e. The highest BCUT2D eigenvalue weighted by atomic mass is 16.5. The lowest BCUT2D eigenvalue weighted by atomic mass is 10.1. The molecule has 0 aliphatic heterocycles. The fraction of sp³-hybridized carbons (Fsp3) is 0.211. The first-order chi connectivity index (χ1) is 12.1. The van der Waals surface area contributed by atoms with E-state index in [0.29, 0.717) is 23.4 Å². The van der Waals surface area contributed by atoms with Crippen LogP contribution in [-0.2, 0) is 14.3 Å². The number of hydrogen-bond acceptors (Lipinski definition) is 4. The molecule has 2 N–H and O–H groups in total. The third-order valence-electron chi connectivity index (χ3n) is 3.30. The van der Waals surface area contributed by atoms with Crippen molar-refractivity contribution in [3.05, 3.63) is 60.2 Å². The number of para-hydroxylation sites is 2. The van der Waals surface area contributed by atoms with Gasteiger partial charge in [-0.2, -0.15) is 0 Å². The zero-order valence-electron chi connectivity index (χ0n) is 14.0. The van der Waals surface area contributed by atoms with E-state index in [4.69, 9.17) is 4.74 Å². The molecular weight excluding hydrogens is 320 g/mol. The number of hydrogen-bond donors (Lipinski definition) is 2. The van der Waals surface area contributed by atoms with Crippen molar-refractivity contribution in [2.45, 2.75) is 19.8 Å². The van der Waals surface area contributed by atoms with Crippen LogP contribution in [0.2, 0.25) is 0 Å². The predicted molar refractivity (Wildman–Crippen MR) is 95.3 cm³/mol. The van der Waals surface area contributed by atoms with Crippen molar-refractivity contribution in [2.24, 2.45) is 0 Å². The van der Waals surface area contributed by atoms with E-state index in [2.05, 4.69) is 10.6 Å². The molecule has 0 spiro atoms. The Morgan fingerprint density at radius 3 is 2.32 bits per heavy atom. The van der Waals surface area contributed by atoms with Crippen LogP contribution < -0.4 is 10.6 Å². The van der Waals surface area contributed by atoms with Crippen LogP contribution in [0.4, 0.5) is 11.4 Å². The molecule has 2 aromatic carbocycles. The van der Waals surface area contributed by atoms with E-state index in [0.717, 1.165) is 0 Å². The highest BCUT2D eigenvalue weighted by Crippen LogP contribution is 2.17. The van der Waals surface area contributed by atoms with E-state index in [9.17, 15) is 14.4 Å². The average Bonchev–Trinajstić information content (AvgIpc) is 2.61. The van der Waals surface area contributed by atoms with Crippen LogP contribution in [0.15, 0.2) is 54.6 Å². The average molecular weight is 340 g/mol. The molecule has 0 saturated heterocycles. The molecule has 6 heteroatoms. The van der Waals surface area contributed by atoms with Crippen molar-refractivity contribution in [3.63, 3.8) is 0 Å². The molecule has 0 aromatic heterocycles. The second-order valence-electron chi connectivity index (χ2n) is 5.32. The molecule has 0 heterocycles. The van der Waals surface area contributed by atoms with Crippen LogP contribution in [0.1, 0.15) is 30.1 Å². The summed E-state index contributed by atoms with van der Waals surface area (Å²) >= 11 is 0. The summed E-state index contributed by atoms with van der Waals surface area (Å²) in [6, 6.07) is 15.7. The first kappa shape index (κ1) is 18.2. The molecule has 0 radical (unpaired) electrons. The van der Waals surface area contributed by atoms with Gasteiger partial charge in [-0.3, -0.25) is 14.4 Å². The molecule has 0 unspecified atom stereocenters. The van der Waals surface area contributed by atoms with Crippen LogP contribution in [0.5, 0.6) is 0 Å². The molecule has 0 saturated carbocycles. The molecule has 25 heavy (non-hydrogen) atoms. The van der Waals surface area contributed by atoms with Crippen molar-refractivity contribution in [2.75, 3.05) is 17.2 Å². The topological polar surface area (TPSA) is 84.5 Å². The quantitative estimate of drug-likeness (QED) is 0.758. The number of esters is 1. The summed E-state index contributed by atoms with van der Waals surface area (Å²) in [5.74, 6) is -1.26. The SMILES string of the molecule is CCCC(=O)OCC(=O)Nc1ccccc1C(=O)Nc1ccccc1. The molecule has 0 bridgehead atoms. The molecule has 2 rings (SSSR count). The molecule has 0 fully saturated rings. The van der Waals surface area contributed by atoms with Gasteiger partial charge >= 0.3 is 5.97 Å². The van der Waals surface area contributed by atoms with Gasteiger partial charge in [0.1, 0.15) is 0 Å². The van der Waals surface area contributed by atoms with Crippen LogP contribution in [0.3, 0.4) is 0 Å². The van der Waals surface area contributed by atoms with Gasteiger partial charge in [0.2, 0.25) is 0 Å². The maximum absolute atomic E-state index is 12.4. The van der Waals surface area contributed by atoms with Gasteiger partial charge in [0.25, 0.3) is 11.8 Å². The predicted octanol–water partition coefficient (Wildman–Crippen LogP) is 3.22. The van der Waals surface area contributed by atoms with Gasteiger partial charge < -0.3 is 15.4 Å². The summed E-state index contributed by atoms with van der Waals surface area (Å²) in [4.78, 5) is 35.7. The minimum atomic E-state index is -0.496. The Morgan fingerprint density at radius 2 is 1.60 bits per heavy atom. The van der Waals surface area contributed by atoms with Gasteiger partial charge in [-0.05, 0) is 30.7 Å². The van der Waals surface area contributed by atoms with E-state index in [1.165, 1.54) is 0 Å². The Bertz CT molecular complexity index is 744. The van der Waals surface area contributed by atoms with Crippen molar-refractivity contribution in [3.8, 4) is 0 Å². The number of rotatable bonds is 7. The molecule has 2 aromatic rings. The van der Waals surface area contributed by atoms with E-state index < -0.39 is 11.9 Å². The molecule has 2 amide bonds. The van der Waals surface area contributed by atoms with Crippen molar-refractivity contribution in [1.82, 2.24) is 0 Å². The first-order valence-electron chi connectivity index (χ1n) is 8.01. The number of nitrogens with one attached hydrogen (secondary N) is 2. The van der Waals surface area contributed by atoms with Gasteiger partial charge in [-0.15, -0.1) is 0 Å². The lowest BCUT2D eigenvalue weighted by Gasteiger charge is -2.11. The standard InChI is InChI=1S/C19H20N2O4/c1-2-8-18(23)25-13-17(22)21-16-12-7-6-11-15(16)19(24)20-14-9-4-3-5-10-14/h3-7,9-12H,2,8,13H2,1H3,(H,20,24)(H,21,22). The van der Waals surface area contributed by atoms with Crippen LogP contribution in [-0.4, -0.2) is 24.4 Å². The molecule has 0 aliphatic carbocycles. The Labute approximate surface area is 146 Å². The van der Waals surface area contributed by atoms with E-state index in [1.54, 1.807) is 36.4 Å². The Hall–Kier alpha value is -3.15. The zero-order valence-corrected chi connectivity index (χ0v) is 14.0. The van der Waals surface area contributed by atoms with Crippen LogP contribution in [0, 0.1) is 0 Å². The van der Waals surface area contributed by atoms with Gasteiger partial charge in [-0.1, -0.05) is 37.3 Å². The summed E-state index contributed by atoms with van der Waals surface area (Å²) < 4.78 is 4.86. The second-order valence-corrected chi connectivity index (χ2v) is 5.32. The molecule has 130 valence electrons. The number of anilines is 2. The third-order valence-corrected chi connectivity index (χ3v) is 3.30. The van der Waals surface area contributed by atoms with Gasteiger partial charge in [0.05, 0.1) is 11.3 Å². The Morgan fingerprint density at radius 1 is 0.920 bits per heavy atom. The number of carbonyl (C=O) groups excluding carboxylic acids is 3. The summed E-state index contributed by atoms with van der Waals surface area (Å²) in [7, 11) is 0. The van der Waals surface area contributed by atoms with Gasteiger partial charge in [-0.25, -0.2) is 0 Å². The summed E-state index contributed by atoms with van der Waals surface area (Å²) in [6.45, 7) is 1.47. The summed E-state index contributed by atoms with van der Waals surface area (Å²) in [5, 5.41) is 5.36. The smallest absolute Gasteiger partial charge is 0.306 e. The fourth-order valence-electron chi connectivity index (χ4n) is 2.12. The van der Waals surface area contributed by atoms with E-state index in [1.807, 2.05) is 25.1 Å². The van der Waals surface area contributed by atoms with Crippen molar-refractivity contribution in [1.29, 1.82) is 0 Å². The maximum atomic E-state index is 12.4. The summed E-state index contributed by atoms with van der Waals surface area (Å²) in [6.07, 6.45) is 0.923. The number of carbonyl (C=O) groups is 3.